The van der Waals surface area contributed by atoms with Gasteiger partial charge >= 0.3 is 0 Å². The van der Waals surface area contributed by atoms with Gasteiger partial charge in [-0.2, -0.15) is 0 Å². The van der Waals surface area contributed by atoms with Gasteiger partial charge in [-0.15, -0.1) is 0 Å². The first-order valence-corrected chi connectivity index (χ1v) is 7.49. The summed E-state index contributed by atoms with van der Waals surface area (Å²) in [5.41, 5.74) is 0.780. The smallest absolute Gasteiger partial charge is 0.253 e. The second-order valence-corrected chi connectivity index (χ2v) is 6.44. The average Bonchev–Trinajstić information content (AvgIpc) is 2.42. The number of carbonyl (C=O) groups is 1. The number of carbonyl (C=O) groups excluding carboxylic acids is 1. The number of halogens is 2. The quantitative estimate of drug-likeness (QED) is 0.795. The molecule has 1 amide bonds. The van der Waals surface area contributed by atoms with E-state index in [4.69, 9.17) is 0 Å². The lowest BCUT2D eigenvalue weighted by atomic mass is 9.78. The normalized spacial score (nSPS) is 18.4. The predicted octanol–water partition coefficient (Wildman–Crippen LogP) is 4.24. The molecule has 0 unspecified atom stereocenters. The van der Waals surface area contributed by atoms with E-state index in [0.717, 1.165) is 32.4 Å². The summed E-state index contributed by atoms with van der Waals surface area (Å²) in [4.78, 5) is 14.1. The maximum Gasteiger partial charge on any atom is 0.253 e. The number of rotatable bonds is 2. The number of amides is 1. The van der Waals surface area contributed by atoms with Gasteiger partial charge in [-0.3, -0.25) is 4.79 Å². The summed E-state index contributed by atoms with van der Waals surface area (Å²) >= 11 is 3.10. The third-order valence-corrected chi connectivity index (χ3v) is 4.92. The largest absolute Gasteiger partial charge is 0.339 e. The van der Waals surface area contributed by atoms with E-state index in [1.54, 1.807) is 12.1 Å². The van der Waals surface area contributed by atoms with Crippen LogP contribution in [0.4, 0.5) is 4.39 Å². The van der Waals surface area contributed by atoms with Crippen LogP contribution in [0.25, 0.3) is 0 Å². The van der Waals surface area contributed by atoms with Crippen LogP contribution in [-0.4, -0.2) is 23.9 Å². The van der Waals surface area contributed by atoms with Crippen LogP contribution in [0.15, 0.2) is 22.7 Å². The van der Waals surface area contributed by atoms with Crippen molar-refractivity contribution in [3.63, 3.8) is 0 Å². The minimum Gasteiger partial charge on any atom is -0.339 e. The van der Waals surface area contributed by atoms with Crippen LogP contribution in [0.1, 0.15) is 43.5 Å². The van der Waals surface area contributed by atoms with E-state index >= 15 is 0 Å². The first-order chi connectivity index (χ1) is 8.95. The molecule has 0 saturated carbocycles. The highest BCUT2D eigenvalue weighted by atomic mass is 79.9. The molecule has 19 heavy (non-hydrogen) atoms. The van der Waals surface area contributed by atoms with Gasteiger partial charge in [0.1, 0.15) is 5.82 Å². The third kappa shape index (κ3) is 3.16. The number of likely N-dealkylation sites (tertiary alicyclic amines) is 1. The zero-order valence-corrected chi connectivity index (χ0v) is 13.0. The lowest BCUT2D eigenvalue weighted by Gasteiger charge is -2.39. The van der Waals surface area contributed by atoms with Crippen molar-refractivity contribution in [2.45, 2.75) is 33.1 Å². The Hall–Kier alpha value is -0.900. The van der Waals surface area contributed by atoms with Crippen LogP contribution in [0.3, 0.4) is 0 Å². The summed E-state index contributed by atoms with van der Waals surface area (Å²) in [5, 5.41) is 0. The molecule has 2 nitrogen and oxygen atoms in total. The van der Waals surface area contributed by atoms with Gasteiger partial charge in [0.15, 0.2) is 0 Å². The fraction of sp³-hybridized carbons (Fsp3) is 0.533. The van der Waals surface area contributed by atoms with Crippen LogP contribution in [0, 0.1) is 11.2 Å². The third-order valence-electron chi connectivity index (χ3n) is 4.28. The Bertz CT molecular complexity index is 481. The number of nitrogens with zero attached hydrogens (tertiary/aromatic N) is 1. The topological polar surface area (TPSA) is 20.3 Å². The molecule has 1 aromatic rings. The molecule has 1 aromatic carbocycles. The van der Waals surface area contributed by atoms with Crippen LogP contribution >= 0.6 is 15.9 Å². The van der Waals surface area contributed by atoms with E-state index in [1.807, 2.05) is 4.90 Å². The zero-order valence-electron chi connectivity index (χ0n) is 11.4. The first kappa shape index (κ1) is 14.5. The molecule has 0 radical (unpaired) electrons. The Morgan fingerprint density at radius 1 is 1.42 bits per heavy atom. The average molecular weight is 328 g/mol. The summed E-state index contributed by atoms with van der Waals surface area (Å²) in [6, 6.07) is 4.56. The maximum absolute atomic E-state index is 13.5. The van der Waals surface area contributed by atoms with E-state index in [-0.39, 0.29) is 11.7 Å². The van der Waals surface area contributed by atoms with Gasteiger partial charge in [0.25, 0.3) is 5.91 Å². The molecule has 0 aliphatic carbocycles. The summed E-state index contributed by atoms with van der Waals surface area (Å²) in [6.07, 6.45) is 3.18. The highest BCUT2D eigenvalue weighted by molar-refractivity contribution is 9.10. The Labute approximate surface area is 122 Å². The molecule has 1 saturated heterocycles. The fourth-order valence-corrected chi connectivity index (χ4v) is 2.66. The number of piperidine rings is 1. The van der Waals surface area contributed by atoms with Crippen molar-refractivity contribution < 1.29 is 9.18 Å². The van der Waals surface area contributed by atoms with Crippen LogP contribution < -0.4 is 0 Å². The van der Waals surface area contributed by atoms with Crippen LogP contribution in [-0.2, 0) is 0 Å². The summed E-state index contributed by atoms with van der Waals surface area (Å²) < 4.78 is 13.9. The van der Waals surface area contributed by atoms with Crippen molar-refractivity contribution in [3.05, 3.63) is 34.1 Å². The van der Waals surface area contributed by atoms with Gasteiger partial charge in [0, 0.05) is 18.7 Å². The highest BCUT2D eigenvalue weighted by Gasteiger charge is 2.30. The summed E-state index contributed by atoms with van der Waals surface area (Å²) in [7, 11) is 0. The molecular formula is C15H19BrFNO. The van der Waals surface area contributed by atoms with Crippen molar-refractivity contribution in [2.24, 2.45) is 5.41 Å². The van der Waals surface area contributed by atoms with Crippen LogP contribution in [0.5, 0.6) is 0 Å². The van der Waals surface area contributed by atoms with E-state index in [9.17, 15) is 9.18 Å². The zero-order chi connectivity index (χ0) is 14.0. The molecule has 1 aliphatic rings. The summed E-state index contributed by atoms with van der Waals surface area (Å²) in [6.45, 7) is 6.00. The lowest BCUT2D eigenvalue weighted by molar-refractivity contribution is 0.0600. The Morgan fingerprint density at radius 2 is 2.05 bits per heavy atom. The highest BCUT2D eigenvalue weighted by Crippen LogP contribution is 2.34. The molecule has 0 aromatic heterocycles. The number of hydrogen-bond acceptors (Lipinski definition) is 1. The van der Waals surface area contributed by atoms with E-state index in [1.165, 1.54) is 6.07 Å². The molecular weight excluding hydrogens is 309 g/mol. The molecule has 0 spiro atoms. The molecule has 4 heteroatoms. The second-order valence-electron chi connectivity index (χ2n) is 5.59. The van der Waals surface area contributed by atoms with Gasteiger partial charge in [0.05, 0.1) is 4.47 Å². The second kappa shape index (κ2) is 5.61. The van der Waals surface area contributed by atoms with Crippen LogP contribution in [0.2, 0.25) is 0 Å². The molecule has 104 valence electrons. The molecule has 1 fully saturated rings. The predicted molar refractivity (Wildman–Crippen MR) is 77.6 cm³/mol. The molecule has 0 atom stereocenters. The summed E-state index contributed by atoms with van der Waals surface area (Å²) in [5.74, 6) is -0.453. The van der Waals surface area contributed by atoms with Gasteiger partial charge < -0.3 is 4.90 Å². The molecule has 0 bridgehead atoms. The van der Waals surface area contributed by atoms with E-state index < -0.39 is 0 Å². The minimum atomic E-state index is -0.388. The minimum absolute atomic E-state index is 0.0652. The fourth-order valence-electron chi connectivity index (χ4n) is 2.41. The van der Waals surface area contributed by atoms with Crippen molar-refractivity contribution in [3.8, 4) is 0 Å². The van der Waals surface area contributed by atoms with Gasteiger partial charge in [0.2, 0.25) is 0 Å². The standard InChI is InChI=1S/C15H19BrFNO/c1-3-15(2)6-8-18(9-7-15)14(19)11-4-5-12(16)13(17)10-11/h4-5,10H,3,6-9H2,1-2H3. The number of benzene rings is 1. The Kier molecular flexibility index (Phi) is 4.29. The van der Waals surface area contributed by atoms with E-state index in [2.05, 4.69) is 29.8 Å². The monoisotopic (exact) mass is 327 g/mol. The van der Waals surface area contributed by atoms with Gasteiger partial charge in [-0.05, 0) is 52.4 Å². The molecule has 1 aliphatic heterocycles. The van der Waals surface area contributed by atoms with Gasteiger partial charge in [-0.25, -0.2) is 4.39 Å². The maximum atomic E-state index is 13.5. The number of hydrogen-bond donors (Lipinski definition) is 0. The Balaban J connectivity index is 2.07. The molecule has 0 N–H and O–H groups in total. The SMILES string of the molecule is CCC1(C)CCN(C(=O)c2ccc(Br)c(F)c2)CC1. The van der Waals surface area contributed by atoms with Gasteiger partial charge in [-0.1, -0.05) is 20.3 Å². The van der Waals surface area contributed by atoms with Crippen molar-refractivity contribution in [2.75, 3.05) is 13.1 Å². The first-order valence-electron chi connectivity index (χ1n) is 6.69. The Morgan fingerprint density at radius 3 is 2.58 bits per heavy atom. The molecule has 1 heterocycles. The van der Waals surface area contributed by atoms with E-state index in [0.29, 0.717) is 15.5 Å². The lowest BCUT2D eigenvalue weighted by Crippen LogP contribution is -2.41. The van der Waals surface area contributed by atoms with Crippen molar-refractivity contribution in [1.82, 2.24) is 4.90 Å². The van der Waals surface area contributed by atoms with Crippen molar-refractivity contribution >= 4 is 21.8 Å². The molecule has 2 rings (SSSR count). The van der Waals surface area contributed by atoms with Crippen molar-refractivity contribution in [1.29, 1.82) is 0 Å².